The molecule has 6 heteroatoms. The number of hydrogen-bond donors (Lipinski definition) is 0. The largest absolute Gasteiger partial charge is 0.361 e. The molecule has 0 radical (unpaired) electrons. The lowest BCUT2D eigenvalue weighted by atomic mass is 9.89. The zero-order chi connectivity index (χ0) is 22.0. The molecule has 6 nitrogen and oxygen atoms in total. The third kappa shape index (κ3) is 3.98. The molecule has 0 bridgehead atoms. The zero-order valence-corrected chi connectivity index (χ0v) is 18.1. The van der Waals surface area contributed by atoms with E-state index in [4.69, 9.17) is 4.52 Å². The number of amides is 2. The number of carbonyl (C=O) groups is 2. The summed E-state index contributed by atoms with van der Waals surface area (Å²) >= 11 is 0. The van der Waals surface area contributed by atoms with E-state index in [1.54, 1.807) is 17.9 Å². The first-order valence-electron chi connectivity index (χ1n) is 10.7. The van der Waals surface area contributed by atoms with Gasteiger partial charge >= 0.3 is 0 Å². The molecule has 160 valence electrons. The van der Waals surface area contributed by atoms with Gasteiger partial charge in [-0.1, -0.05) is 48.5 Å². The molecule has 4 rings (SSSR count). The summed E-state index contributed by atoms with van der Waals surface area (Å²) in [5, 5.41) is 4.02. The van der Waals surface area contributed by atoms with Crippen molar-refractivity contribution in [1.29, 1.82) is 0 Å². The van der Waals surface area contributed by atoms with Crippen LogP contribution in [0.2, 0.25) is 0 Å². The van der Waals surface area contributed by atoms with Crippen LogP contribution < -0.4 is 9.80 Å². The molecule has 3 aromatic rings. The summed E-state index contributed by atoms with van der Waals surface area (Å²) in [7, 11) is 0. The third-order valence-corrected chi connectivity index (χ3v) is 5.74. The van der Waals surface area contributed by atoms with Gasteiger partial charge in [0.05, 0.1) is 6.04 Å². The maximum Gasteiger partial charge on any atom is 0.280 e. The maximum atomic E-state index is 13.4. The van der Waals surface area contributed by atoms with E-state index in [1.165, 1.54) is 0 Å². The molecule has 0 aliphatic carbocycles. The van der Waals surface area contributed by atoms with Crippen molar-refractivity contribution in [2.24, 2.45) is 0 Å². The normalized spacial score (nSPS) is 17.8. The highest BCUT2D eigenvalue weighted by molar-refractivity contribution is 6.06. The van der Waals surface area contributed by atoms with Gasteiger partial charge in [0, 0.05) is 36.8 Å². The molecule has 31 heavy (non-hydrogen) atoms. The average Bonchev–Trinajstić information content (AvgIpc) is 3.23. The molecule has 1 aromatic heterocycles. The topological polar surface area (TPSA) is 66.7 Å². The molecule has 0 N–H and O–H groups in total. The van der Waals surface area contributed by atoms with E-state index in [9.17, 15) is 9.59 Å². The highest BCUT2D eigenvalue weighted by Gasteiger charge is 2.38. The van der Waals surface area contributed by atoms with E-state index < -0.39 is 0 Å². The van der Waals surface area contributed by atoms with Crippen LogP contribution in [0.4, 0.5) is 11.4 Å². The van der Waals surface area contributed by atoms with Gasteiger partial charge in [-0.3, -0.25) is 9.59 Å². The van der Waals surface area contributed by atoms with Gasteiger partial charge in [-0.2, -0.15) is 0 Å². The van der Waals surface area contributed by atoms with Gasteiger partial charge in [-0.25, -0.2) is 0 Å². The summed E-state index contributed by atoms with van der Waals surface area (Å²) in [6.07, 6.45) is 2.30. The number of rotatable bonds is 5. The fourth-order valence-corrected chi connectivity index (χ4v) is 4.41. The van der Waals surface area contributed by atoms with Crippen LogP contribution in [-0.2, 0) is 11.2 Å². The van der Waals surface area contributed by atoms with Gasteiger partial charge in [0.15, 0.2) is 5.69 Å². The number of nitrogens with zero attached hydrogens (tertiary/aromatic N) is 3. The van der Waals surface area contributed by atoms with Crippen molar-refractivity contribution in [3.05, 3.63) is 77.7 Å². The average molecular weight is 418 g/mol. The van der Waals surface area contributed by atoms with Gasteiger partial charge in [0.1, 0.15) is 5.76 Å². The Morgan fingerprint density at radius 3 is 2.55 bits per heavy atom. The van der Waals surface area contributed by atoms with E-state index in [-0.39, 0.29) is 23.9 Å². The minimum Gasteiger partial charge on any atom is -0.361 e. The Labute approximate surface area is 182 Å². The summed E-state index contributed by atoms with van der Waals surface area (Å²) in [4.78, 5) is 29.7. The molecular weight excluding hydrogens is 390 g/mol. The maximum absolute atomic E-state index is 13.4. The Balaban J connectivity index is 1.74. The molecule has 1 aliphatic rings. The molecule has 2 amide bonds. The lowest BCUT2D eigenvalue weighted by Gasteiger charge is -2.43. The van der Waals surface area contributed by atoms with Crippen molar-refractivity contribution in [1.82, 2.24) is 5.16 Å². The van der Waals surface area contributed by atoms with Crippen molar-refractivity contribution in [3.8, 4) is 0 Å². The number of aryl methyl sites for hydroxylation is 1. The quantitative estimate of drug-likeness (QED) is 0.575. The van der Waals surface area contributed by atoms with Crippen LogP contribution in [0.5, 0.6) is 0 Å². The molecule has 0 saturated carbocycles. The van der Waals surface area contributed by atoms with Crippen molar-refractivity contribution in [3.63, 3.8) is 0 Å². The first kappa shape index (κ1) is 20.8. The molecule has 0 saturated heterocycles. The Kier molecular flexibility index (Phi) is 5.89. The van der Waals surface area contributed by atoms with Crippen LogP contribution in [0.15, 0.2) is 65.2 Å². The molecule has 2 heterocycles. The fraction of sp³-hybridized carbons (Fsp3) is 0.320. The Morgan fingerprint density at radius 1 is 1.13 bits per heavy atom. The minimum atomic E-state index is -0.182. The smallest absolute Gasteiger partial charge is 0.280 e. The van der Waals surface area contributed by atoms with Crippen LogP contribution in [0.3, 0.4) is 0 Å². The second-order valence-corrected chi connectivity index (χ2v) is 7.99. The van der Waals surface area contributed by atoms with E-state index in [1.807, 2.05) is 66.4 Å². The SMILES string of the molecule is CCCc1cc(C(=O)N2c3ccccc3C(N(C(C)=O)c3ccccc3)CC2C)no1. The van der Waals surface area contributed by atoms with E-state index in [0.717, 1.165) is 29.8 Å². The summed E-state index contributed by atoms with van der Waals surface area (Å²) in [6.45, 7) is 5.65. The number of carbonyl (C=O) groups excluding carboxylic acids is 2. The molecule has 0 fully saturated rings. The van der Waals surface area contributed by atoms with Crippen molar-refractivity contribution < 1.29 is 14.1 Å². The number of aromatic nitrogens is 1. The molecule has 0 spiro atoms. The third-order valence-electron chi connectivity index (χ3n) is 5.74. The monoisotopic (exact) mass is 417 g/mol. The predicted octanol–water partition coefficient (Wildman–Crippen LogP) is 5.16. The summed E-state index contributed by atoms with van der Waals surface area (Å²) in [6, 6.07) is 18.9. The van der Waals surface area contributed by atoms with Crippen LogP contribution in [-0.4, -0.2) is 23.0 Å². The highest BCUT2D eigenvalue weighted by Crippen LogP contribution is 2.42. The summed E-state index contributed by atoms with van der Waals surface area (Å²) in [5.41, 5.74) is 2.92. The minimum absolute atomic E-state index is 0.0290. The molecule has 1 aliphatic heterocycles. The molecule has 2 unspecified atom stereocenters. The summed E-state index contributed by atoms with van der Waals surface area (Å²) in [5.74, 6) is 0.505. The first-order chi connectivity index (χ1) is 15.0. The van der Waals surface area contributed by atoms with Crippen molar-refractivity contribution in [2.75, 3.05) is 9.80 Å². The molecule has 2 aromatic carbocycles. The second kappa shape index (κ2) is 8.76. The van der Waals surface area contributed by atoms with Crippen LogP contribution in [0.1, 0.15) is 61.5 Å². The number of anilines is 2. The summed E-state index contributed by atoms with van der Waals surface area (Å²) < 4.78 is 5.34. The number of fused-ring (bicyclic) bond motifs is 1. The standard InChI is InChI=1S/C25H27N3O3/c1-4-10-20-16-22(26-31-20)25(30)27-17(2)15-24(21-13-8-9-14-23(21)27)28(18(3)29)19-11-6-5-7-12-19/h5-9,11-14,16-17,24H,4,10,15H2,1-3H3. The Morgan fingerprint density at radius 2 is 1.84 bits per heavy atom. The second-order valence-electron chi connectivity index (χ2n) is 7.99. The fourth-order valence-electron chi connectivity index (χ4n) is 4.41. The Bertz CT molecular complexity index is 1080. The van der Waals surface area contributed by atoms with Gasteiger partial charge in [-0.15, -0.1) is 0 Å². The van der Waals surface area contributed by atoms with Crippen LogP contribution in [0, 0.1) is 0 Å². The zero-order valence-electron chi connectivity index (χ0n) is 18.1. The van der Waals surface area contributed by atoms with Crippen LogP contribution >= 0.6 is 0 Å². The molecule has 2 atom stereocenters. The van der Waals surface area contributed by atoms with Gasteiger partial charge in [0.25, 0.3) is 5.91 Å². The number of hydrogen-bond acceptors (Lipinski definition) is 4. The lowest BCUT2D eigenvalue weighted by molar-refractivity contribution is -0.117. The van der Waals surface area contributed by atoms with E-state index in [2.05, 4.69) is 12.1 Å². The number of benzene rings is 2. The molecular formula is C25H27N3O3. The predicted molar refractivity (Wildman–Crippen MR) is 120 cm³/mol. The van der Waals surface area contributed by atoms with Crippen molar-refractivity contribution in [2.45, 2.75) is 52.1 Å². The highest BCUT2D eigenvalue weighted by atomic mass is 16.5. The van der Waals surface area contributed by atoms with Crippen molar-refractivity contribution >= 4 is 23.2 Å². The van der Waals surface area contributed by atoms with Gasteiger partial charge < -0.3 is 14.3 Å². The van der Waals surface area contributed by atoms with Crippen LogP contribution in [0.25, 0.3) is 0 Å². The Hall–Kier alpha value is -3.41. The first-order valence-corrected chi connectivity index (χ1v) is 10.7. The lowest BCUT2D eigenvalue weighted by Crippen LogP contribution is -2.47. The van der Waals surface area contributed by atoms with E-state index in [0.29, 0.717) is 17.9 Å². The van der Waals surface area contributed by atoms with Gasteiger partial charge in [-0.05, 0) is 43.5 Å². The van der Waals surface area contributed by atoms with Gasteiger partial charge in [0.2, 0.25) is 5.91 Å². The number of para-hydroxylation sites is 2. The van der Waals surface area contributed by atoms with E-state index >= 15 is 0 Å².